The van der Waals surface area contributed by atoms with Gasteiger partial charge in [0, 0.05) is 6.42 Å². The smallest absolute Gasteiger partial charge is 0.305 e. The Morgan fingerprint density at radius 1 is 1.38 bits per heavy atom. The van der Waals surface area contributed by atoms with E-state index in [1.165, 1.54) is 0 Å². The Hall–Kier alpha value is -0.530. The molecule has 13 heavy (non-hydrogen) atoms. The molecule has 0 spiro atoms. The third-order valence-corrected chi connectivity index (χ3v) is 1.82. The van der Waals surface area contributed by atoms with Crippen LogP contribution in [0.5, 0.6) is 0 Å². The van der Waals surface area contributed by atoms with Crippen molar-refractivity contribution in [3.05, 3.63) is 6.92 Å². The van der Waals surface area contributed by atoms with Crippen LogP contribution >= 0.6 is 0 Å². The Kier molecular flexibility index (Phi) is 7.76. The number of esters is 1. The Morgan fingerprint density at radius 2 is 2.08 bits per heavy atom. The SMILES string of the molecule is [CH2]CCCC(=O)OCCCC(C)C. The molecule has 0 aliphatic heterocycles. The van der Waals surface area contributed by atoms with E-state index in [2.05, 4.69) is 20.8 Å². The largest absolute Gasteiger partial charge is 0.466 e. The zero-order valence-electron chi connectivity index (χ0n) is 8.84. The molecule has 2 heteroatoms. The normalized spacial score (nSPS) is 10.5. The fourth-order valence-corrected chi connectivity index (χ4v) is 1.02. The molecule has 0 heterocycles. The van der Waals surface area contributed by atoms with Crippen LogP contribution in [0.25, 0.3) is 0 Å². The van der Waals surface area contributed by atoms with Crippen molar-refractivity contribution in [3.8, 4) is 0 Å². The molecule has 0 atom stereocenters. The van der Waals surface area contributed by atoms with Crippen molar-refractivity contribution in [2.75, 3.05) is 6.61 Å². The molecule has 1 radical (unpaired) electrons. The van der Waals surface area contributed by atoms with Gasteiger partial charge < -0.3 is 4.74 Å². The number of ether oxygens (including phenoxy) is 1. The molecule has 2 nitrogen and oxygen atoms in total. The standard InChI is InChI=1S/C11H21O2/c1-4-5-8-11(12)13-9-6-7-10(2)3/h10H,1,4-9H2,2-3H3. The first-order valence-corrected chi connectivity index (χ1v) is 5.11. The van der Waals surface area contributed by atoms with Gasteiger partial charge in [-0.2, -0.15) is 0 Å². The van der Waals surface area contributed by atoms with Gasteiger partial charge >= 0.3 is 5.97 Å². The van der Waals surface area contributed by atoms with E-state index in [1.54, 1.807) is 0 Å². The van der Waals surface area contributed by atoms with Gasteiger partial charge in [0.05, 0.1) is 6.61 Å². The number of rotatable bonds is 7. The molecule has 0 aromatic carbocycles. The first kappa shape index (κ1) is 12.5. The van der Waals surface area contributed by atoms with Crippen LogP contribution in [-0.4, -0.2) is 12.6 Å². The van der Waals surface area contributed by atoms with E-state index in [0.717, 1.165) is 25.7 Å². The van der Waals surface area contributed by atoms with E-state index in [-0.39, 0.29) is 5.97 Å². The molecule has 0 fully saturated rings. The highest BCUT2D eigenvalue weighted by atomic mass is 16.5. The molecule has 0 N–H and O–H groups in total. The lowest BCUT2D eigenvalue weighted by Crippen LogP contribution is -2.06. The number of carbonyl (C=O) groups excluding carboxylic acids is 1. The summed E-state index contributed by atoms with van der Waals surface area (Å²) < 4.78 is 5.03. The molecular formula is C11H21O2. The number of hydrogen-bond acceptors (Lipinski definition) is 2. The van der Waals surface area contributed by atoms with Crippen LogP contribution in [0, 0.1) is 12.8 Å². The fraction of sp³-hybridized carbons (Fsp3) is 0.818. The van der Waals surface area contributed by atoms with Gasteiger partial charge in [-0.3, -0.25) is 4.79 Å². The van der Waals surface area contributed by atoms with E-state index in [0.29, 0.717) is 18.9 Å². The van der Waals surface area contributed by atoms with E-state index in [1.807, 2.05) is 0 Å². The number of hydrogen-bond donors (Lipinski definition) is 0. The topological polar surface area (TPSA) is 26.3 Å². The van der Waals surface area contributed by atoms with Gasteiger partial charge in [-0.1, -0.05) is 27.2 Å². The Labute approximate surface area is 81.7 Å². The summed E-state index contributed by atoms with van der Waals surface area (Å²) in [6.45, 7) is 8.59. The maximum absolute atomic E-state index is 11.0. The van der Waals surface area contributed by atoms with Crippen molar-refractivity contribution in [2.24, 2.45) is 5.92 Å². The summed E-state index contributed by atoms with van der Waals surface area (Å²) in [4.78, 5) is 11.0. The van der Waals surface area contributed by atoms with Crippen LogP contribution in [-0.2, 0) is 9.53 Å². The van der Waals surface area contributed by atoms with Crippen LogP contribution < -0.4 is 0 Å². The second kappa shape index (κ2) is 8.09. The lowest BCUT2D eigenvalue weighted by molar-refractivity contribution is -0.143. The third kappa shape index (κ3) is 9.38. The minimum absolute atomic E-state index is 0.0765. The van der Waals surface area contributed by atoms with E-state index >= 15 is 0 Å². The van der Waals surface area contributed by atoms with Crippen LogP contribution in [0.2, 0.25) is 0 Å². The van der Waals surface area contributed by atoms with Crippen LogP contribution in [0.3, 0.4) is 0 Å². The van der Waals surface area contributed by atoms with Gasteiger partial charge in [-0.05, 0) is 25.2 Å². The molecule has 0 aromatic rings. The lowest BCUT2D eigenvalue weighted by atomic mass is 10.1. The predicted molar refractivity (Wildman–Crippen MR) is 54.2 cm³/mol. The van der Waals surface area contributed by atoms with E-state index in [4.69, 9.17) is 4.74 Å². The highest BCUT2D eigenvalue weighted by Gasteiger charge is 2.01. The minimum Gasteiger partial charge on any atom is -0.466 e. The second-order valence-corrected chi connectivity index (χ2v) is 3.71. The number of carbonyl (C=O) groups is 1. The quantitative estimate of drug-likeness (QED) is 0.450. The first-order chi connectivity index (χ1) is 6.16. The molecule has 0 aliphatic rings. The molecule has 0 bridgehead atoms. The van der Waals surface area contributed by atoms with E-state index < -0.39 is 0 Å². The second-order valence-electron chi connectivity index (χ2n) is 3.71. The van der Waals surface area contributed by atoms with Crippen molar-refractivity contribution in [1.29, 1.82) is 0 Å². The zero-order chi connectivity index (χ0) is 10.1. The summed E-state index contributed by atoms with van der Waals surface area (Å²) in [6.07, 6.45) is 4.27. The molecule has 0 amide bonds. The highest BCUT2D eigenvalue weighted by Crippen LogP contribution is 2.04. The fourth-order valence-electron chi connectivity index (χ4n) is 1.02. The monoisotopic (exact) mass is 185 g/mol. The van der Waals surface area contributed by atoms with Gasteiger partial charge in [0.1, 0.15) is 0 Å². The molecule has 0 saturated heterocycles. The molecule has 0 saturated carbocycles. The van der Waals surface area contributed by atoms with Crippen molar-refractivity contribution in [3.63, 3.8) is 0 Å². The van der Waals surface area contributed by atoms with Gasteiger partial charge in [0.15, 0.2) is 0 Å². The van der Waals surface area contributed by atoms with Gasteiger partial charge in [0.25, 0.3) is 0 Å². The van der Waals surface area contributed by atoms with E-state index in [9.17, 15) is 4.79 Å². The van der Waals surface area contributed by atoms with Crippen molar-refractivity contribution in [2.45, 2.75) is 46.0 Å². The highest BCUT2D eigenvalue weighted by molar-refractivity contribution is 5.69. The van der Waals surface area contributed by atoms with Crippen LogP contribution in [0.1, 0.15) is 46.0 Å². The average molecular weight is 185 g/mol. The molecular weight excluding hydrogens is 164 g/mol. The molecule has 0 rings (SSSR count). The summed E-state index contributed by atoms with van der Waals surface area (Å²) in [7, 11) is 0. The molecule has 0 unspecified atom stereocenters. The van der Waals surface area contributed by atoms with Gasteiger partial charge in [-0.25, -0.2) is 0 Å². The lowest BCUT2D eigenvalue weighted by Gasteiger charge is -2.05. The third-order valence-electron chi connectivity index (χ3n) is 1.82. The van der Waals surface area contributed by atoms with Crippen LogP contribution in [0.15, 0.2) is 0 Å². The maximum atomic E-state index is 11.0. The first-order valence-electron chi connectivity index (χ1n) is 5.11. The van der Waals surface area contributed by atoms with Crippen molar-refractivity contribution in [1.82, 2.24) is 0 Å². The number of unbranched alkanes of at least 4 members (excludes halogenated alkanes) is 1. The Balaban J connectivity index is 3.17. The Bertz CT molecular complexity index is 130. The van der Waals surface area contributed by atoms with Crippen LogP contribution in [0.4, 0.5) is 0 Å². The summed E-state index contributed by atoms with van der Waals surface area (Å²) >= 11 is 0. The molecule has 0 aromatic heterocycles. The summed E-state index contributed by atoms with van der Waals surface area (Å²) in [5.41, 5.74) is 0. The maximum Gasteiger partial charge on any atom is 0.305 e. The molecule has 0 aliphatic carbocycles. The van der Waals surface area contributed by atoms with Gasteiger partial charge in [0.2, 0.25) is 0 Å². The predicted octanol–water partition coefficient (Wildman–Crippen LogP) is 2.97. The summed E-state index contributed by atoms with van der Waals surface area (Å²) in [5, 5.41) is 0. The van der Waals surface area contributed by atoms with Gasteiger partial charge in [-0.15, -0.1) is 0 Å². The zero-order valence-corrected chi connectivity index (χ0v) is 8.84. The van der Waals surface area contributed by atoms with Crippen molar-refractivity contribution >= 4 is 5.97 Å². The minimum atomic E-state index is -0.0765. The Morgan fingerprint density at radius 3 is 2.62 bits per heavy atom. The summed E-state index contributed by atoms with van der Waals surface area (Å²) in [6, 6.07) is 0. The molecule has 77 valence electrons. The summed E-state index contributed by atoms with van der Waals surface area (Å²) in [5.74, 6) is 0.617. The van der Waals surface area contributed by atoms with Crippen molar-refractivity contribution < 1.29 is 9.53 Å². The average Bonchev–Trinajstić information content (AvgIpc) is 2.08.